The van der Waals surface area contributed by atoms with Crippen LogP contribution in [0.2, 0.25) is 0 Å². The number of nitrogens with two attached hydrogens (primary N) is 1. The molecule has 0 saturated carbocycles. The molecule has 2 N–H and O–H groups in total. The lowest BCUT2D eigenvalue weighted by Gasteiger charge is -2.35. The lowest BCUT2D eigenvalue weighted by molar-refractivity contribution is -0.384. The molecule has 0 bridgehead atoms. The molecule has 2 aromatic carbocycles. The van der Waals surface area contributed by atoms with Crippen molar-refractivity contribution in [2.45, 2.75) is 18.4 Å². The number of nitro groups is 1. The van der Waals surface area contributed by atoms with Gasteiger partial charge in [-0.15, -0.1) is 0 Å². The average molecular weight is 420 g/mol. The van der Waals surface area contributed by atoms with Crippen molar-refractivity contribution in [3.8, 4) is 5.75 Å². The van der Waals surface area contributed by atoms with Gasteiger partial charge in [0, 0.05) is 38.8 Å². The topological polar surface area (TPSA) is 119 Å². The van der Waals surface area contributed by atoms with Crippen molar-refractivity contribution in [2.75, 3.05) is 37.7 Å². The summed E-state index contributed by atoms with van der Waals surface area (Å²) in [5.74, 6) is 0.844. The lowest BCUT2D eigenvalue weighted by Crippen LogP contribution is -2.46. The molecule has 1 fully saturated rings. The predicted molar refractivity (Wildman–Crippen MR) is 110 cm³/mol. The SMILES string of the molecule is CCOc1ccc(CN2CCN(c3ccc(S(N)(=O)=O)cc3[N+](=O)[O-])CC2)cc1. The average Bonchev–Trinajstić information content (AvgIpc) is 2.69. The Balaban J connectivity index is 1.66. The molecule has 0 amide bonds. The van der Waals surface area contributed by atoms with Crippen LogP contribution in [0.3, 0.4) is 0 Å². The summed E-state index contributed by atoms with van der Waals surface area (Å²) in [5, 5.41) is 16.5. The van der Waals surface area contributed by atoms with Crippen LogP contribution in [0.25, 0.3) is 0 Å². The minimum Gasteiger partial charge on any atom is -0.494 e. The maximum atomic E-state index is 11.5. The van der Waals surface area contributed by atoms with Crippen molar-refractivity contribution in [2.24, 2.45) is 5.14 Å². The molecule has 0 atom stereocenters. The smallest absolute Gasteiger partial charge is 0.293 e. The molecular formula is C19H24N4O5S. The molecule has 10 heteroatoms. The summed E-state index contributed by atoms with van der Waals surface area (Å²) in [4.78, 5) is 14.8. The van der Waals surface area contributed by atoms with Gasteiger partial charge in [0.05, 0.1) is 16.4 Å². The highest BCUT2D eigenvalue weighted by Gasteiger charge is 2.25. The number of ether oxygens (including phenoxy) is 1. The van der Waals surface area contributed by atoms with Gasteiger partial charge in [0.2, 0.25) is 10.0 Å². The highest BCUT2D eigenvalue weighted by Crippen LogP contribution is 2.31. The third kappa shape index (κ3) is 5.22. The van der Waals surface area contributed by atoms with Crippen LogP contribution in [-0.4, -0.2) is 51.0 Å². The van der Waals surface area contributed by atoms with Gasteiger partial charge in [-0.1, -0.05) is 12.1 Å². The fourth-order valence-corrected chi connectivity index (χ4v) is 3.89. The summed E-state index contributed by atoms with van der Waals surface area (Å²) >= 11 is 0. The van der Waals surface area contributed by atoms with E-state index in [1.807, 2.05) is 36.1 Å². The number of anilines is 1. The quantitative estimate of drug-likeness (QED) is 0.537. The molecule has 2 aromatic rings. The van der Waals surface area contributed by atoms with E-state index >= 15 is 0 Å². The first-order valence-electron chi connectivity index (χ1n) is 9.28. The van der Waals surface area contributed by atoms with Crippen LogP contribution < -0.4 is 14.8 Å². The Kier molecular flexibility index (Phi) is 6.36. The maximum absolute atomic E-state index is 11.5. The summed E-state index contributed by atoms with van der Waals surface area (Å²) in [5.41, 5.74) is 1.32. The number of sulfonamides is 1. The van der Waals surface area contributed by atoms with Gasteiger partial charge in [-0.05, 0) is 36.8 Å². The van der Waals surface area contributed by atoms with Crippen LogP contribution >= 0.6 is 0 Å². The third-order valence-corrected chi connectivity index (χ3v) is 5.74. The van der Waals surface area contributed by atoms with Gasteiger partial charge < -0.3 is 9.64 Å². The predicted octanol–water partition coefficient (Wildman–Crippen LogP) is 1.96. The Morgan fingerprint density at radius 1 is 1.10 bits per heavy atom. The second kappa shape index (κ2) is 8.76. The molecule has 0 aromatic heterocycles. The van der Waals surface area contributed by atoms with E-state index < -0.39 is 14.9 Å². The van der Waals surface area contributed by atoms with Crippen LogP contribution in [0.15, 0.2) is 47.4 Å². The van der Waals surface area contributed by atoms with Gasteiger partial charge in [-0.2, -0.15) is 0 Å². The number of primary sulfonamides is 1. The Morgan fingerprint density at radius 2 is 1.76 bits per heavy atom. The van der Waals surface area contributed by atoms with Crippen LogP contribution in [-0.2, 0) is 16.6 Å². The van der Waals surface area contributed by atoms with Gasteiger partial charge in [-0.3, -0.25) is 15.0 Å². The monoisotopic (exact) mass is 420 g/mol. The Morgan fingerprint density at radius 3 is 2.31 bits per heavy atom. The second-order valence-electron chi connectivity index (χ2n) is 6.79. The normalized spacial score (nSPS) is 15.3. The zero-order chi connectivity index (χ0) is 21.0. The van der Waals surface area contributed by atoms with E-state index in [1.165, 1.54) is 17.7 Å². The number of hydrogen-bond donors (Lipinski definition) is 1. The van der Waals surface area contributed by atoms with Crippen LogP contribution in [0.5, 0.6) is 5.75 Å². The van der Waals surface area contributed by atoms with E-state index in [0.29, 0.717) is 25.4 Å². The van der Waals surface area contributed by atoms with E-state index in [9.17, 15) is 18.5 Å². The van der Waals surface area contributed by atoms with Crippen molar-refractivity contribution in [3.63, 3.8) is 0 Å². The molecule has 0 aliphatic carbocycles. The Labute approximate surface area is 169 Å². The van der Waals surface area contributed by atoms with E-state index in [1.54, 1.807) is 0 Å². The van der Waals surface area contributed by atoms with Crippen molar-refractivity contribution in [1.29, 1.82) is 0 Å². The number of hydrogen-bond acceptors (Lipinski definition) is 7. The van der Waals surface area contributed by atoms with Gasteiger partial charge in [0.1, 0.15) is 11.4 Å². The number of benzene rings is 2. The summed E-state index contributed by atoms with van der Waals surface area (Å²) in [6, 6.07) is 11.8. The molecule has 156 valence electrons. The standard InChI is InChI=1S/C19H24N4O5S/c1-2-28-16-5-3-15(4-6-16)14-21-9-11-22(12-10-21)18-8-7-17(29(20,26)27)13-19(18)23(24)25/h3-8,13H,2,9-12,14H2,1H3,(H2,20,26,27). The lowest BCUT2D eigenvalue weighted by atomic mass is 10.1. The molecule has 1 saturated heterocycles. The van der Waals surface area contributed by atoms with Gasteiger partial charge in [-0.25, -0.2) is 13.6 Å². The summed E-state index contributed by atoms with van der Waals surface area (Å²) in [6.07, 6.45) is 0. The summed E-state index contributed by atoms with van der Waals surface area (Å²) in [6.45, 7) is 6.04. The molecule has 1 aliphatic heterocycles. The molecule has 3 rings (SSSR count). The van der Waals surface area contributed by atoms with Crippen LogP contribution in [0, 0.1) is 10.1 Å². The largest absolute Gasteiger partial charge is 0.494 e. The zero-order valence-electron chi connectivity index (χ0n) is 16.2. The molecule has 29 heavy (non-hydrogen) atoms. The van der Waals surface area contributed by atoms with Crippen molar-refractivity contribution < 1.29 is 18.1 Å². The van der Waals surface area contributed by atoms with Crippen LogP contribution in [0.1, 0.15) is 12.5 Å². The highest BCUT2D eigenvalue weighted by molar-refractivity contribution is 7.89. The fraction of sp³-hybridized carbons (Fsp3) is 0.368. The Hall–Kier alpha value is -2.69. The molecule has 0 radical (unpaired) electrons. The second-order valence-corrected chi connectivity index (χ2v) is 8.35. The molecule has 9 nitrogen and oxygen atoms in total. The van der Waals surface area contributed by atoms with E-state index in [-0.39, 0.29) is 10.6 Å². The summed E-state index contributed by atoms with van der Waals surface area (Å²) in [7, 11) is -4.00. The number of nitro benzene ring substituents is 1. The number of rotatable bonds is 7. The first-order valence-corrected chi connectivity index (χ1v) is 10.8. The first-order chi connectivity index (χ1) is 13.8. The molecule has 1 heterocycles. The van der Waals surface area contributed by atoms with Gasteiger partial charge in [0.15, 0.2) is 0 Å². The molecule has 1 aliphatic rings. The number of piperazine rings is 1. The van der Waals surface area contributed by atoms with Crippen molar-refractivity contribution >= 4 is 21.4 Å². The fourth-order valence-electron chi connectivity index (χ4n) is 3.36. The highest BCUT2D eigenvalue weighted by atomic mass is 32.2. The molecular weight excluding hydrogens is 396 g/mol. The minimum atomic E-state index is -4.00. The van der Waals surface area contributed by atoms with E-state index in [2.05, 4.69) is 4.90 Å². The van der Waals surface area contributed by atoms with E-state index in [4.69, 9.17) is 9.88 Å². The van der Waals surface area contributed by atoms with Gasteiger partial charge >= 0.3 is 0 Å². The number of nitrogens with zero attached hydrogens (tertiary/aromatic N) is 3. The molecule has 0 spiro atoms. The zero-order valence-corrected chi connectivity index (χ0v) is 17.0. The van der Waals surface area contributed by atoms with E-state index in [0.717, 1.165) is 31.5 Å². The minimum absolute atomic E-state index is 0.253. The van der Waals surface area contributed by atoms with Crippen LogP contribution in [0.4, 0.5) is 11.4 Å². The Bertz CT molecular complexity index is 971. The van der Waals surface area contributed by atoms with Gasteiger partial charge in [0.25, 0.3) is 5.69 Å². The molecule has 0 unspecified atom stereocenters. The first kappa shape index (κ1) is 21.0. The third-order valence-electron chi connectivity index (χ3n) is 4.83. The van der Waals surface area contributed by atoms with Crippen molar-refractivity contribution in [3.05, 3.63) is 58.1 Å². The maximum Gasteiger partial charge on any atom is 0.293 e. The summed E-state index contributed by atoms with van der Waals surface area (Å²) < 4.78 is 28.4. The van der Waals surface area contributed by atoms with Crippen molar-refractivity contribution in [1.82, 2.24) is 4.90 Å².